The second-order valence-electron chi connectivity index (χ2n) is 4.98. The summed E-state index contributed by atoms with van der Waals surface area (Å²) >= 11 is 9.35. The summed E-state index contributed by atoms with van der Waals surface area (Å²) in [5.41, 5.74) is 2.83. The average Bonchev–Trinajstić information content (AvgIpc) is 2.48. The van der Waals surface area contributed by atoms with Crippen LogP contribution < -0.4 is 10.1 Å². The highest BCUT2D eigenvalue weighted by Crippen LogP contribution is 2.26. The summed E-state index contributed by atoms with van der Waals surface area (Å²) < 4.78 is 6.08. The molecule has 0 heterocycles. The third kappa shape index (κ3) is 4.49. The molecule has 3 nitrogen and oxygen atoms in total. The van der Waals surface area contributed by atoms with E-state index in [0.717, 1.165) is 27.0 Å². The van der Waals surface area contributed by atoms with Crippen molar-refractivity contribution < 1.29 is 9.53 Å². The van der Waals surface area contributed by atoms with Crippen LogP contribution >= 0.6 is 27.5 Å². The third-order valence-electron chi connectivity index (χ3n) is 3.32. The predicted molar refractivity (Wildman–Crippen MR) is 93.8 cm³/mol. The topological polar surface area (TPSA) is 38.3 Å². The summed E-state index contributed by atoms with van der Waals surface area (Å²) in [5.74, 6) is 0.766. The molecule has 0 unspecified atom stereocenters. The molecule has 0 radical (unpaired) electrons. The second kappa shape index (κ2) is 7.65. The molecule has 0 saturated heterocycles. The minimum absolute atomic E-state index is 0.0163. The Bertz CT molecular complexity index is 688. The lowest BCUT2D eigenvalue weighted by Crippen LogP contribution is -2.13. The molecular formula is C17H17BrClNO2. The number of amides is 1. The molecule has 0 saturated carbocycles. The number of carbonyl (C=O) groups excluding carboxylic acids is 1. The van der Waals surface area contributed by atoms with Gasteiger partial charge in [0, 0.05) is 17.1 Å². The Hall–Kier alpha value is -1.52. The first-order valence-electron chi connectivity index (χ1n) is 6.88. The first kappa shape index (κ1) is 16.8. The number of nitrogens with one attached hydrogen (secondary N) is 1. The fraction of sp³-hybridized carbons (Fsp3) is 0.235. The van der Waals surface area contributed by atoms with Gasteiger partial charge < -0.3 is 10.1 Å². The van der Waals surface area contributed by atoms with E-state index in [9.17, 15) is 4.79 Å². The first-order valence-corrected chi connectivity index (χ1v) is 8.05. The van der Waals surface area contributed by atoms with E-state index in [1.165, 1.54) is 0 Å². The van der Waals surface area contributed by atoms with Gasteiger partial charge >= 0.3 is 0 Å². The van der Waals surface area contributed by atoms with Crippen LogP contribution in [0.15, 0.2) is 40.9 Å². The Morgan fingerprint density at radius 1 is 1.27 bits per heavy atom. The molecule has 0 fully saturated rings. The van der Waals surface area contributed by atoms with E-state index < -0.39 is 0 Å². The molecule has 0 aliphatic rings. The van der Waals surface area contributed by atoms with Crippen molar-refractivity contribution in [1.29, 1.82) is 0 Å². The Morgan fingerprint density at radius 2 is 2.05 bits per heavy atom. The van der Waals surface area contributed by atoms with E-state index in [-0.39, 0.29) is 5.91 Å². The quantitative estimate of drug-likeness (QED) is 0.791. The van der Waals surface area contributed by atoms with Crippen LogP contribution in [-0.2, 0) is 11.2 Å². The molecule has 0 aromatic heterocycles. The van der Waals surface area contributed by atoms with Crippen molar-refractivity contribution in [1.82, 2.24) is 0 Å². The Balaban J connectivity index is 1.94. The number of hydrogen-bond donors (Lipinski definition) is 1. The SMILES string of the molecule is COc1ccc(CCC(=O)Nc2ccc(Cl)cc2C)cc1Br. The van der Waals surface area contributed by atoms with Crippen molar-refractivity contribution in [3.63, 3.8) is 0 Å². The highest BCUT2D eigenvalue weighted by atomic mass is 79.9. The van der Waals surface area contributed by atoms with Crippen LogP contribution in [0.3, 0.4) is 0 Å². The number of halogens is 2. The maximum absolute atomic E-state index is 12.1. The van der Waals surface area contributed by atoms with Gasteiger partial charge in [-0.25, -0.2) is 0 Å². The molecule has 2 aromatic carbocycles. The van der Waals surface area contributed by atoms with Crippen LogP contribution in [-0.4, -0.2) is 13.0 Å². The van der Waals surface area contributed by atoms with Crippen molar-refractivity contribution in [3.05, 3.63) is 57.0 Å². The van der Waals surface area contributed by atoms with E-state index >= 15 is 0 Å². The molecule has 0 bridgehead atoms. The maximum atomic E-state index is 12.1. The zero-order valence-electron chi connectivity index (χ0n) is 12.5. The van der Waals surface area contributed by atoms with Gasteiger partial charge in [0.15, 0.2) is 0 Å². The van der Waals surface area contributed by atoms with Gasteiger partial charge in [-0.3, -0.25) is 4.79 Å². The van der Waals surface area contributed by atoms with E-state index in [1.54, 1.807) is 13.2 Å². The van der Waals surface area contributed by atoms with Crippen molar-refractivity contribution in [3.8, 4) is 5.75 Å². The number of anilines is 1. The van der Waals surface area contributed by atoms with Crippen molar-refractivity contribution in [2.24, 2.45) is 0 Å². The summed E-state index contributed by atoms with van der Waals surface area (Å²) in [7, 11) is 1.63. The van der Waals surface area contributed by atoms with E-state index in [1.807, 2.05) is 37.3 Å². The molecular weight excluding hydrogens is 366 g/mol. The molecule has 2 rings (SSSR count). The van der Waals surface area contributed by atoms with Gasteiger partial charge in [0.1, 0.15) is 5.75 Å². The van der Waals surface area contributed by atoms with Gasteiger partial charge in [-0.1, -0.05) is 17.7 Å². The molecule has 0 aliphatic carbocycles. The van der Waals surface area contributed by atoms with Gasteiger partial charge in [-0.05, 0) is 70.7 Å². The molecule has 0 aliphatic heterocycles. The lowest BCUT2D eigenvalue weighted by Gasteiger charge is -2.09. The number of methoxy groups -OCH3 is 1. The number of benzene rings is 2. The zero-order valence-corrected chi connectivity index (χ0v) is 14.8. The molecule has 5 heteroatoms. The van der Waals surface area contributed by atoms with Crippen molar-refractivity contribution in [2.75, 3.05) is 12.4 Å². The number of ether oxygens (including phenoxy) is 1. The summed E-state index contributed by atoms with van der Waals surface area (Å²) in [6.07, 6.45) is 1.09. The van der Waals surface area contributed by atoms with Gasteiger partial charge in [-0.15, -0.1) is 0 Å². The zero-order chi connectivity index (χ0) is 16.1. The molecule has 0 atom stereocenters. The summed E-state index contributed by atoms with van der Waals surface area (Å²) in [6, 6.07) is 11.2. The van der Waals surface area contributed by atoms with E-state index in [2.05, 4.69) is 21.2 Å². The Kier molecular flexibility index (Phi) is 5.86. The molecule has 22 heavy (non-hydrogen) atoms. The highest BCUT2D eigenvalue weighted by molar-refractivity contribution is 9.10. The van der Waals surface area contributed by atoms with Gasteiger partial charge in [0.25, 0.3) is 0 Å². The van der Waals surface area contributed by atoms with Crippen LogP contribution in [0.2, 0.25) is 5.02 Å². The predicted octanol–water partition coefficient (Wildman–Crippen LogP) is 4.99. The second-order valence-corrected chi connectivity index (χ2v) is 6.27. The van der Waals surface area contributed by atoms with Crippen LogP contribution in [0, 0.1) is 6.92 Å². The Labute approximate surface area is 143 Å². The van der Waals surface area contributed by atoms with E-state index in [0.29, 0.717) is 17.9 Å². The third-order valence-corrected chi connectivity index (χ3v) is 4.17. The normalized spacial score (nSPS) is 10.4. The van der Waals surface area contributed by atoms with Crippen LogP contribution in [0.1, 0.15) is 17.5 Å². The monoisotopic (exact) mass is 381 g/mol. The number of carbonyl (C=O) groups is 1. The Morgan fingerprint density at radius 3 is 2.68 bits per heavy atom. The molecule has 1 N–H and O–H groups in total. The minimum atomic E-state index is -0.0163. The smallest absolute Gasteiger partial charge is 0.224 e. The van der Waals surface area contributed by atoms with Gasteiger partial charge in [-0.2, -0.15) is 0 Å². The lowest BCUT2D eigenvalue weighted by atomic mass is 10.1. The van der Waals surface area contributed by atoms with Crippen LogP contribution in [0.25, 0.3) is 0 Å². The average molecular weight is 383 g/mol. The fourth-order valence-corrected chi connectivity index (χ4v) is 2.92. The van der Waals surface area contributed by atoms with Crippen molar-refractivity contribution in [2.45, 2.75) is 19.8 Å². The standard InChI is InChI=1S/C17H17BrClNO2/c1-11-9-13(19)5-6-15(11)20-17(21)8-4-12-3-7-16(22-2)14(18)10-12/h3,5-7,9-10H,4,8H2,1-2H3,(H,20,21). The molecule has 0 spiro atoms. The maximum Gasteiger partial charge on any atom is 0.224 e. The summed E-state index contributed by atoms with van der Waals surface area (Å²) in [5, 5.41) is 3.58. The van der Waals surface area contributed by atoms with Gasteiger partial charge in [0.05, 0.1) is 11.6 Å². The van der Waals surface area contributed by atoms with Gasteiger partial charge in [0.2, 0.25) is 5.91 Å². The van der Waals surface area contributed by atoms with Crippen LogP contribution in [0.5, 0.6) is 5.75 Å². The molecule has 1 amide bonds. The summed E-state index contributed by atoms with van der Waals surface area (Å²) in [4.78, 5) is 12.1. The highest BCUT2D eigenvalue weighted by Gasteiger charge is 2.07. The first-order chi connectivity index (χ1) is 10.5. The van der Waals surface area contributed by atoms with Crippen molar-refractivity contribution >= 4 is 39.1 Å². The number of hydrogen-bond acceptors (Lipinski definition) is 2. The number of rotatable bonds is 5. The molecule has 2 aromatic rings. The minimum Gasteiger partial charge on any atom is -0.496 e. The largest absolute Gasteiger partial charge is 0.496 e. The molecule has 116 valence electrons. The van der Waals surface area contributed by atoms with Crippen LogP contribution in [0.4, 0.5) is 5.69 Å². The number of aryl methyl sites for hydroxylation is 2. The van der Waals surface area contributed by atoms with E-state index in [4.69, 9.17) is 16.3 Å². The lowest BCUT2D eigenvalue weighted by molar-refractivity contribution is -0.116. The summed E-state index contributed by atoms with van der Waals surface area (Å²) in [6.45, 7) is 1.92. The fourth-order valence-electron chi connectivity index (χ4n) is 2.10.